The molecule has 12 heavy (non-hydrogen) atoms. The first kappa shape index (κ1) is 11.9. The van der Waals surface area contributed by atoms with E-state index in [0.29, 0.717) is 5.41 Å². The largest absolute Gasteiger partial charge is 0.330 e. The second-order valence-electron chi connectivity index (χ2n) is 3.70. The summed E-state index contributed by atoms with van der Waals surface area (Å²) in [5, 5.41) is 0. The van der Waals surface area contributed by atoms with E-state index in [-0.39, 0.29) is 0 Å². The highest BCUT2D eigenvalue weighted by atomic mass is 14.6. The Bertz CT molecular complexity index is 98.0. The highest BCUT2D eigenvalue weighted by molar-refractivity contribution is 4.79. The molecule has 0 saturated carbocycles. The van der Waals surface area contributed by atoms with Gasteiger partial charge in [-0.2, -0.15) is 0 Å². The van der Waals surface area contributed by atoms with Gasteiger partial charge in [0.25, 0.3) is 0 Å². The van der Waals surface area contributed by atoms with Crippen LogP contribution in [0.1, 0.15) is 46.0 Å². The average molecular weight is 172 g/mol. The minimum Gasteiger partial charge on any atom is -0.330 e. The highest BCUT2D eigenvalue weighted by Crippen LogP contribution is 2.30. The lowest BCUT2D eigenvalue weighted by molar-refractivity contribution is 0.236. The van der Waals surface area contributed by atoms with Crippen molar-refractivity contribution in [3.8, 4) is 0 Å². The van der Waals surface area contributed by atoms with Crippen molar-refractivity contribution in [2.45, 2.75) is 46.0 Å². The third kappa shape index (κ3) is 3.55. The summed E-state index contributed by atoms with van der Waals surface area (Å²) in [6.07, 6.45) is 6.03. The predicted octanol–water partition coefficient (Wildman–Crippen LogP) is 1.88. The van der Waals surface area contributed by atoms with Crippen LogP contribution in [0.4, 0.5) is 0 Å². The molecule has 0 heterocycles. The normalized spacial score (nSPS) is 16.0. The van der Waals surface area contributed by atoms with E-state index in [0.717, 1.165) is 19.5 Å². The lowest BCUT2D eigenvalue weighted by Gasteiger charge is -2.31. The second-order valence-corrected chi connectivity index (χ2v) is 3.70. The molecule has 0 bridgehead atoms. The molecule has 0 fully saturated rings. The van der Waals surface area contributed by atoms with Gasteiger partial charge in [0.1, 0.15) is 0 Å². The fraction of sp³-hybridized carbons (Fsp3) is 1.00. The predicted molar refractivity (Wildman–Crippen MR) is 55.0 cm³/mol. The molecule has 0 aliphatic carbocycles. The van der Waals surface area contributed by atoms with Gasteiger partial charge < -0.3 is 11.5 Å². The summed E-state index contributed by atoms with van der Waals surface area (Å²) in [4.78, 5) is 0. The van der Waals surface area contributed by atoms with Crippen LogP contribution in [0.3, 0.4) is 0 Å². The standard InChI is InChI=1S/C10H24N2/c1-3-5-6-10(4-2,9-12)7-8-11/h3-9,11-12H2,1-2H3. The topological polar surface area (TPSA) is 52.0 Å². The lowest BCUT2D eigenvalue weighted by Crippen LogP contribution is -2.32. The van der Waals surface area contributed by atoms with Crippen molar-refractivity contribution in [2.75, 3.05) is 13.1 Å². The first-order valence-electron chi connectivity index (χ1n) is 5.14. The maximum atomic E-state index is 5.79. The van der Waals surface area contributed by atoms with E-state index in [2.05, 4.69) is 13.8 Å². The van der Waals surface area contributed by atoms with Crippen molar-refractivity contribution in [1.82, 2.24) is 0 Å². The average Bonchev–Trinajstić information content (AvgIpc) is 2.13. The van der Waals surface area contributed by atoms with Gasteiger partial charge in [0.15, 0.2) is 0 Å². The van der Waals surface area contributed by atoms with Gasteiger partial charge in [-0.3, -0.25) is 0 Å². The molecular weight excluding hydrogens is 148 g/mol. The van der Waals surface area contributed by atoms with Gasteiger partial charge in [-0.15, -0.1) is 0 Å². The zero-order chi connectivity index (χ0) is 9.45. The number of nitrogens with two attached hydrogens (primary N) is 2. The molecule has 0 rings (SSSR count). The van der Waals surface area contributed by atoms with Crippen LogP contribution in [0.2, 0.25) is 0 Å². The van der Waals surface area contributed by atoms with Crippen LogP contribution in [-0.2, 0) is 0 Å². The van der Waals surface area contributed by atoms with Crippen LogP contribution in [-0.4, -0.2) is 13.1 Å². The Hall–Kier alpha value is -0.0800. The van der Waals surface area contributed by atoms with E-state index >= 15 is 0 Å². The monoisotopic (exact) mass is 172 g/mol. The first-order chi connectivity index (χ1) is 5.74. The third-order valence-corrected chi connectivity index (χ3v) is 2.92. The summed E-state index contributed by atoms with van der Waals surface area (Å²) < 4.78 is 0. The SMILES string of the molecule is CCCCC(CC)(CN)CCN. The van der Waals surface area contributed by atoms with Crippen molar-refractivity contribution in [2.24, 2.45) is 16.9 Å². The highest BCUT2D eigenvalue weighted by Gasteiger charge is 2.24. The molecule has 0 radical (unpaired) electrons. The van der Waals surface area contributed by atoms with Gasteiger partial charge >= 0.3 is 0 Å². The zero-order valence-electron chi connectivity index (χ0n) is 8.60. The van der Waals surface area contributed by atoms with Crippen molar-refractivity contribution in [1.29, 1.82) is 0 Å². The zero-order valence-corrected chi connectivity index (χ0v) is 8.60. The maximum absolute atomic E-state index is 5.79. The fourth-order valence-electron chi connectivity index (χ4n) is 1.68. The number of hydrogen-bond acceptors (Lipinski definition) is 2. The Morgan fingerprint density at radius 2 is 1.75 bits per heavy atom. The summed E-state index contributed by atoms with van der Waals surface area (Å²) in [6, 6.07) is 0. The Balaban J connectivity index is 3.95. The van der Waals surface area contributed by atoms with Crippen molar-refractivity contribution >= 4 is 0 Å². The van der Waals surface area contributed by atoms with Crippen LogP contribution in [0.25, 0.3) is 0 Å². The number of hydrogen-bond donors (Lipinski definition) is 2. The molecule has 0 aromatic rings. The van der Waals surface area contributed by atoms with Crippen LogP contribution in [0, 0.1) is 5.41 Å². The molecule has 0 spiro atoms. The molecule has 74 valence electrons. The van der Waals surface area contributed by atoms with Gasteiger partial charge in [-0.05, 0) is 37.8 Å². The van der Waals surface area contributed by atoms with Crippen molar-refractivity contribution < 1.29 is 0 Å². The molecule has 0 aromatic heterocycles. The first-order valence-corrected chi connectivity index (χ1v) is 5.14. The van der Waals surface area contributed by atoms with Crippen molar-refractivity contribution in [3.63, 3.8) is 0 Å². The summed E-state index contributed by atoms with van der Waals surface area (Å²) in [7, 11) is 0. The Morgan fingerprint density at radius 3 is 2.08 bits per heavy atom. The second kappa shape index (κ2) is 6.44. The van der Waals surface area contributed by atoms with E-state index < -0.39 is 0 Å². The van der Waals surface area contributed by atoms with Crippen LogP contribution in [0.15, 0.2) is 0 Å². The molecule has 4 N–H and O–H groups in total. The smallest absolute Gasteiger partial charge is 0.00202 e. The minimum absolute atomic E-state index is 0.338. The summed E-state index contributed by atoms with van der Waals surface area (Å²) in [5.41, 5.74) is 11.7. The molecule has 1 unspecified atom stereocenters. The number of unbranched alkanes of at least 4 members (excludes halogenated alkanes) is 1. The summed E-state index contributed by atoms with van der Waals surface area (Å²) in [6.45, 7) is 6.01. The van der Waals surface area contributed by atoms with E-state index in [9.17, 15) is 0 Å². The molecule has 1 atom stereocenters. The Morgan fingerprint density at radius 1 is 1.08 bits per heavy atom. The number of rotatable bonds is 7. The maximum Gasteiger partial charge on any atom is -0.00202 e. The van der Waals surface area contributed by atoms with E-state index in [1.807, 2.05) is 0 Å². The minimum atomic E-state index is 0.338. The lowest BCUT2D eigenvalue weighted by atomic mass is 9.77. The van der Waals surface area contributed by atoms with Gasteiger partial charge in [0, 0.05) is 0 Å². The van der Waals surface area contributed by atoms with Crippen LogP contribution < -0.4 is 11.5 Å². The molecular formula is C10H24N2. The Labute approximate surface area is 76.7 Å². The molecule has 0 amide bonds. The van der Waals surface area contributed by atoms with E-state index in [4.69, 9.17) is 11.5 Å². The summed E-state index contributed by atoms with van der Waals surface area (Å²) >= 11 is 0. The van der Waals surface area contributed by atoms with Gasteiger partial charge in [-0.1, -0.05) is 26.7 Å². The quantitative estimate of drug-likeness (QED) is 0.616. The summed E-state index contributed by atoms with van der Waals surface area (Å²) in [5.74, 6) is 0. The third-order valence-electron chi connectivity index (χ3n) is 2.92. The molecule has 0 aromatic carbocycles. The molecule has 0 aliphatic heterocycles. The van der Waals surface area contributed by atoms with Gasteiger partial charge in [0.2, 0.25) is 0 Å². The fourth-order valence-corrected chi connectivity index (χ4v) is 1.68. The molecule has 2 nitrogen and oxygen atoms in total. The van der Waals surface area contributed by atoms with E-state index in [1.165, 1.54) is 25.7 Å². The van der Waals surface area contributed by atoms with Crippen LogP contribution >= 0.6 is 0 Å². The molecule has 0 aliphatic rings. The van der Waals surface area contributed by atoms with E-state index in [1.54, 1.807) is 0 Å². The van der Waals surface area contributed by atoms with Gasteiger partial charge in [-0.25, -0.2) is 0 Å². The van der Waals surface area contributed by atoms with Crippen molar-refractivity contribution in [3.05, 3.63) is 0 Å². The van der Waals surface area contributed by atoms with Gasteiger partial charge in [0.05, 0.1) is 0 Å². The molecule has 0 saturated heterocycles. The molecule has 2 heteroatoms. The van der Waals surface area contributed by atoms with Crippen LogP contribution in [0.5, 0.6) is 0 Å². The Kier molecular flexibility index (Phi) is 6.39.